The van der Waals surface area contributed by atoms with Crippen molar-refractivity contribution in [3.63, 3.8) is 0 Å². The van der Waals surface area contributed by atoms with E-state index in [1.54, 1.807) is 0 Å². The molecule has 3 rings (SSSR count). The molecule has 0 aromatic heterocycles. The molecule has 0 spiro atoms. The summed E-state index contributed by atoms with van der Waals surface area (Å²) in [7, 11) is 1.94. The first-order valence-corrected chi connectivity index (χ1v) is 10.1. The molecule has 1 aliphatic rings. The Kier molecular flexibility index (Phi) is 5.83. The second-order valence-corrected chi connectivity index (χ2v) is 8.72. The van der Waals surface area contributed by atoms with Crippen LogP contribution in [0.25, 0.3) is 0 Å². The van der Waals surface area contributed by atoms with E-state index in [4.69, 9.17) is 0 Å². The van der Waals surface area contributed by atoms with Gasteiger partial charge in [0.15, 0.2) is 0 Å². The van der Waals surface area contributed by atoms with Crippen molar-refractivity contribution in [2.45, 2.75) is 13.0 Å². The zero-order valence-electron chi connectivity index (χ0n) is 14.2. The molecule has 2 nitrogen and oxygen atoms in total. The van der Waals surface area contributed by atoms with E-state index in [1.807, 2.05) is 0 Å². The molecule has 1 saturated heterocycles. The molecule has 0 amide bonds. The van der Waals surface area contributed by atoms with Crippen molar-refractivity contribution < 1.29 is 0 Å². The highest BCUT2D eigenvalue weighted by Gasteiger charge is 2.23. The van der Waals surface area contributed by atoms with Crippen LogP contribution >= 0.6 is 7.92 Å². The summed E-state index contributed by atoms with van der Waals surface area (Å²) in [4.78, 5) is 5.10. The number of piperazine rings is 1. The van der Waals surface area contributed by atoms with Gasteiger partial charge >= 0.3 is 0 Å². The summed E-state index contributed by atoms with van der Waals surface area (Å²) in [5.41, 5.74) is 0. The lowest BCUT2D eigenvalue weighted by molar-refractivity contribution is 0.127. The van der Waals surface area contributed by atoms with Crippen molar-refractivity contribution in [2.24, 2.45) is 0 Å². The van der Waals surface area contributed by atoms with Gasteiger partial charge in [0.1, 0.15) is 0 Å². The van der Waals surface area contributed by atoms with Crippen LogP contribution in [0.1, 0.15) is 6.92 Å². The Hall–Kier alpha value is -1.21. The Labute approximate surface area is 141 Å². The molecule has 0 bridgehead atoms. The van der Waals surface area contributed by atoms with E-state index in [0.29, 0.717) is 6.04 Å². The largest absolute Gasteiger partial charge is 0.304 e. The standard InChI is InChI=1S/C20H27N2P/c1-18(22-15-13-21(2)14-16-22)17-23(19-9-5-3-6-10-19)20-11-7-4-8-12-20/h3-12,18H,13-17H2,1-2H3/t18-/m1/s1. The molecule has 0 unspecified atom stereocenters. The van der Waals surface area contributed by atoms with E-state index in [-0.39, 0.29) is 7.92 Å². The summed E-state index contributed by atoms with van der Waals surface area (Å²) in [6, 6.07) is 22.8. The fourth-order valence-corrected chi connectivity index (χ4v) is 5.76. The van der Waals surface area contributed by atoms with Crippen molar-refractivity contribution in [3.05, 3.63) is 60.7 Å². The quantitative estimate of drug-likeness (QED) is 0.780. The summed E-state index contributed by atoms with van der Waals surface area (Å²) < 4.78 is 0. The molecule has 3 heteroatoms. The predicted molar refractivity (Wildman–Crippen MR) is 102 cm³/mol. The van der Waals surface area contributed by atoms with Gasteiger partial charge in [0.2, 0.25) is 0 Å². The molecular weight excluding hydrogens is 299 g/mol. The van der Waals surface area contributed by atoms with Crippen LogP contribution in [0, 0.1) is 0 Å². The summed E-state index contributed by atoms with van der Waals surface area (Å²) in [6.45, 7) is 7.19. The topological polar surface area (TPSA) is 6.48 Å². The Balaban J connectivity index is 1.76. The fraction of sp³-hybridized carbons (Fsp3) is 0.400. The third-order valence-electron chi connectivity index (χ3n) is 4.74. The third-order valence-corrected chi connectivity index (χ3v) is 7.48. The lowest BCUT2D eigenvalue weighted by atomic mass is 10.2. The van der Waals surface area contributed by atoms with Gasteiger partial charge < -0.3 is 4.90 Å². The van der Waals surface area contributed by atoms with Crippen molar-refractivity contribution in [2.75, 3.05) is 39.4 Å². The van der Waals surface area contributed by atoms with Crippen LogP contribution in [0.5, 0.6) is 0 Å². The average Bonchev–Trinajstić information content (AvgIpc) is 2.61. The smallest absolute Gasteiger partial charge is 0.0113 e. The molecule has 1 heterocycles. The summed E-state index contributed by atoms with van der Waals surface area (Å²) in [6.07, 6.45) is 1.24. The minimum atomic E-state index is -0.281. The van der Waals surface area contributed by atoms with E-state index in [0.717, 1.165) is 0 Å². The number of likely N-dealkylation sites (N-methyl/N-ethyl adjacent to an activating group) is 1. The zero-order valence-corrected chi connectivity index (χ0v) is 15.1. The minimum Gasteiger partial charge on any atom is -0.304 e. The zero-order chi connectivity index (χ0) is 16.1. The van der Waals surface area contributed by atoms with E-state index in [1.165, 1.54) is 43.0 Å². The second kappa shape index (κ2) is 8.06. The Morgan fingerprint density at radius 3 is 1.78 bits per heavy atom. The van der Waals surface area contributed by atoms with Gasteiger partial charge in [0.25, 0.3) is 0 Å². The monoisotopic (exact) mass is 326 g/mol. The Morgan fingerprint density at radius 2 is 1.30 bits per heavy atom. The summed E-state index contributed by atoms with van der Waals surface area (Å²) in [5, 5.41) is 2.99. The maximum atomic E-state index is 2.67. The van der Waals surface area contributed by atoms with Gasteiger partial charge in [-0.25, -0.2) is 0 Å². The maximum Gasteiger partial charge on any atom is 0.0113 e. The van der Waals surface area contributed by atoms with Crippen LogP contribution in [-0.2, 0) is 0 Å². The molecule has 1 atom stereocenters. The Morgan fingerprint density at radius 1 is 0.826 bits per heavy atom. The first-order chi connectivity index (χ1) is 11.2. The third kappa shape index (κ3) is 4.41. The highest BCUT2D eigenvalue weighted by Crippen LogP contribution is 2.35. The van der Waals surface area contributed by atoms with Gasteiger partial charge in [0.05, 0.1) is 0 Å². The fourth-order valence-electron chi connectivity index (χ4n) is 3.22. The van der Waals surface area contributed by atoms with Crippen LogP contribution < -0.4 is 10.6 Å². The molecule has 0 N–H and O–H groups in total. The number of benzene rings is 2. The van der Waals surface area contributed by atoms with Crippen LogP contribution in [0.2, 0.25) is 0 Å². The number of nitrogens with zero attached hydrogens (tertiary/aromatic N) is 2. The number of hydrogen-bond donors (Lipinski definition) is 0. The molecule has 1 fully saturated rings. The Bertz CT molecular complexity index is 540. The van der Waals surface area contributed by atoms with Gasteiger partial charge in [0, 0.05) is 32.2 Å². The lowest BCUT2D eigenvalue weighted by Crippen LogP contribution is -2.49. The van der Waals surface area contributed by atoms with Crippen molar-refractivity contribution >= 4 is 18.5 Å². The summed E-state index contributed by atoms with van der Waals surface area (Å²) >= 11 is 0. The SMILES string of the molecule is C[C@H](CP(c1ccccc1)c1ccccc1)N1CCN(C)CC1. The molecule has 2 aromatic carbocycles. The molecular formula is C20H27N2P. The van der Waals surface area contributed by atoms with Gasteiger partial charge in [-0.2, -0.15) is 0 Å². The van der Waals surface area contributed by atoms with Crippen LogP contribution in [0.4, 0.5) is 0 Å². The van der Waals surface area contributed by atoms with Gasteiger partial charge in [-0.05, 0) is 38.7 Å². The van der Waals surface area contributed by atoms with Crippen LogP contribution in [-0.4, -0.2) is 55.2 Å². The molecule has 122 valence electrons. The molecule has 0 saturated carbocycles. The van der Waals surface area contributed by atoms with Crippen LogP contribution in [0.15, 0.2) is 60.7 Å². The van der Waals surface area contributed by atoms with Gasteiger partial charge in [-0.1, -0.05) is 60.7 Å². The van der Waals surface area contributed by atoms with Crippen LogP contribution in [0.3, 0.4) is 0 Å². The van der Waals surface area contributed by atoms with Gasteiger partial charge in [-0.3, -0.25) is 4.90 Å². The second-order valence-electron chi connectivity index (χ2n) is 6.47. The van der Waals surface area contributed by atoms with Crippen molar-refractivity contribution in [1.29, 1.82) is 0 Å². The van der Waals surface area contributed by atoms with Crippen molar-refractivity contribution in [1.82, 2.24) is 9.80 Å². The first-order valence-electron chi connectivity index (χ1n) is 8.54. The first kappa shape index (κ1) is 16.6. The van der Waals surface area contributed by atoms with E-state index in [9.17, 15) is 0 Å². The van der Waals surface area contributed by atoms with E-state index in [2.05, 4.69) is 84.4 Å². The molecule has 2 aromatic rings. The highest BCUT2D eigenvalue weighted by atomic mass is 31.1. The van der Waals surface area contributed by atoms with Gasteiger partial charge in [-0.15, -0.1) is 0 Å². The van der Waals surface area contributed by atoms with E-state index < -0.39 is 0 Å². The highest BCUT2D eigenvalue weighted by molar-refractivity contribution is 7.73. The normalized spacial score (nSPS) is 18.2. The molecule has 23 heavy (non-hydrogen) atoms. The molecule has 0 radical (unpaired) electrons. The summed E-state index contributed by atoms with van der Waals surface area (Å²) in [5.74, 6) is 0. The molecule has 0 aliphatic carbocycles. The minimum absolute atomic E-state index is 0.281. The number of hydrogen-bond acceptors (Lipinski definition) is 2. The van der Waals surface area contributed by atoms with E-state index >= 15 is 0 Å². The maximum absolute atomic E-state index is 2.67. The average molecular weight is 326 g/mol. The lowest BCUT2D eigenvalue weighted by Gasteiger charge is -2.38. The number of rotatable bonds is 5. The van der Waals surface area contributed by atoms with Crippen molar-refractivity contribution in [3.8, 4) is 0 Å². The predicted octanol–water partition coefficient (Wildman–Crippen LogP) is 2.76. The molecule has 1 aliphatic heterocycles.